The van der Waals surface area contributed by atoms with Gasteiger partial charge in [-0.25, -0.2) is 8.42 Å². The number of sulfonamides is 1. The van der Waals surface area contributed by atoms with Crippen molar-refractivity contribution in [1.29, 1.82) is 0 Å². The van der Waals surface area contributed by atoms with Crippen molar-refractivity contribution in [3.8, 4) is 11.5 Å². The van der Waals surface area contributed by atoms with E-state index >= 15 is 0 Å². The maximum atomic E-state index is 12.7. The van der Waals surface area contributed by atoms with Crippen LogP contribution < -0.4 is 19.7 Å². The highest BCUT2D eigenvalue weighted by Crippen LogP contribution is 2.28. The smallest absolute Gasteiger partial charge is 0.244 e. The van der Waals surface area contributed by atoms with Crippen molar-refractivity contribution >= 4 is 39.3 Å². The summed E-state index contributed by atoms with van der Waals surface area (Å²) in [5.74, 6) is 0.636. The molecule has 0 spiro atoms. The molecule has 0 saturated carbocycles. The summed E-state index contributed by atoms with van der Waals surface area (Å²) in [6.07, 6.45) is 2.99. The number of nitrogens with zero attached hydrogens (tertiary/aromatic N) is 2. The predicted octanol–water partition coefficient (Wildman–Crippen LogP) is 2.64. The molecule has 0 aromatic heterocycles. The minimum atomic E-state index is -3.46. The first kappa shape index (κ1) is 24.9. The molecule has 178 valence electrons. The lowest BCUT2D eigenvalue weighted by molar-refractivity contribution is -0.116. The Morgan fingerprint density at radius 2 is 1.70 bits per heavy atom. The Hall–Kier alpha value is -2.75. The van der Waals surface area contributed by atoms with E-state index in [1.54, 1.807) is 31.4 Å². The molecule has 1 N–H and O–H groups in total. The lowest BCUT2D eigenvalue weighted by Gasteiger charge is -2.35. The van der Waals surface area contributed by atoms with Crippen LogP contribution in [0.25, 0.3) is 6.08 Å². The van der Waals surface area contributed by atoms with Gasteiger partial charge in [-0.05, 0) is 48.0 Å². The van der Waals surface area contributed by atoms with Crippen LogP contribution in [0, 0.1) is 0 Å². The van der Waals surface area contributed by atoms with Gasteiger partial charge in [-0.2, -0.15) is 4.31 Å². The van der Waals surface area contributed by atoms with Crippen LogP contribution in [0.5, 0.6) is 11.5 Å². The minimum Gasteiger partial charge on any atom is -0.493 e. The summed E-state index contributed by atoms with van der Waals surface area (Å²) in [4.78, 5) is 14.2. The number of hydrogen-bond acceptors (Lipinski definition) is 6. The maximum Gasteiger partial charge on any atom is 0.244 e. The third kappa shape index (κ3) is 6.86. The Balaban J connectivity index is 1.45. The highest BCUT2D eigenvalue weighted by Gasteiger charge is 2.26. The van der Waals surface area contributed by atoms with Crippen molar-refractivity contribution in [2.45, 2.75) is 0 Å². The molecule has 10 heteroatoms. The van der Waals surface area contributed by atoms with Gasteiger partial charge in [0.1, 0.15) is 0 Å². The Morgan fingerprint density at radius 1 is 1.03 bits per heavy atom. The van der Waals surface area contributed by atoms with Crippen molar-refractivity contribution in [2.24, 2.45) is 0 Å². The monoisotopic (exact) mass is 493 g/mol. The zero-order chi connectivity index (χ0) is 23.8. The largest absolute Gasteiger partial charge is 0.493 e. The van der Waals surface area contributed by atoms with E-state index in [4.69, 9.17) is 21.1 Å². The molecule has 0 aliphatic carbocycles. The SMILES string of the molecule is COc1ccc(/C=C\C(=O)NCCS(=O)(=O)N2CCN(c3ccc(Cl)cc3)CC2)cc1OC. The molecule has 0 unspecified atom stereocenters. The highest BCUT2D eigenvalue weighted by atomic mass is 35.5. The first-order valence-corrected chi connectivity index (χ1v) is 12.5. The van der Waals surface area contributed by atoms with E-state index in [0.29, 0.717) is 42.7 Å². The Morgan fingerprint density at radius 3 is 2.33 bits per heavy atom. The number of anilines is 1. The number of carbonyl (C=O) groups is 1. The average Bonchev–Trinajstić information content (AvgIpc) is 2.83. The molecule has 1 saturated heterocycles. The molecule has 0 radical (unpaired) electrons. The fourth-order valence-electron chi connectivity index (χ4n) is 3.50. The molecule has 0 atom stereocenters. The van der Waals surface area contributed by atoms with E-state index in [1.807, 2.05) is 24.3 Å². The normalized spacial score (nSPS) is 14.9. The van der Waals surface area contributed by atoms with Crippen molar-refractivity contribution in [1.82, 2.24) is 9.62 Å². The molecule has 2 aromatic carbocycles. The molecule has 2 aromatic rings. The number of amides is 1. The van der Waals surface area contributed by atoms with E-state index < -0.39 is 10.0 Å². The van der Waals surface area contributed by atoms with Crippen LogP contribution in [0.1, 0.15) is 5.56 Å². The number of rotatable bonds is 9. The predicted molar refractivity (Wildman–Crippen MR) is 131 cm³/mol. The molecule has 8 nitrogen and oxygen atoms in total. The highest BCUT2D eigenvalue weighted by molar-refractivity contribution is 7.89. The zero-order valence-electron chi connectivity index (χ0n) is 18.7. The van der Waals surface area contributed by atoms with Gasteiger partial charge in [0, 0.05) is 49.5 Å². The first-order chi connectivity index (χ1) is 15.8. The van der Waals surface area contributed by atoms with Crippen LogP contribution in [0.2, 0.25) is 5.02 Å². The summed E-state index contributed by atoms with van der Waals surface area (Å²) >= 11 is 5.93. The van der Waals surface area contributed by atoms with Crippen LogP contribution in [0.15, 0.2) is 48.5 Å². The third-order valence-corrected chi connectivity index (χ3v) is 7.44. The molecular weight excluding hydrogens is 466 g/mol. The Kier molecular flexibility index (Phi) is 8.60. The number of hydrogen-bond donors (Lipinski definition) is 1. The summed E-state index contributed by atoms with van der Waals surface area (Å²) < 4.78 is 37.2. The van der Waals surface area contributed by atoms with Crippen molar-refractivity contribution < 1.29 is 22.7 Å². The summed E-state index contributed by atoms with van der Waals surface area (Å²) in [6, 6.07) is 12.8. The van der Waals surface area contributed by atoms with E-state index in [2.05, 4.69) is 10.2 Å². The fourth-order valence-corrected chi connectivity index (χ4v) is 4.96. The van der Waals surface area contributed by atoms with Crippen molar-refractivity contribution in [3.63, 3.8) is 0 Å². The standard InChI is InChI=1S/C23H28ClN3O5S/c1-31-21-9-3-18(17-22(21)32-2)4-10-23(28)25-11-16-33(29,30)27-14-12-26(13-15-27)20-7-5-19(24)6-8-20/h3-10,17H,11-16H2,1-2H3,(H,25,28)/b10-4-. The molecule has 3 rings (SSSR count). The molecular formula is C23H28ClN3O5S. The second kappa shape index (κ2) is 11.4. The maximum absolute atomic E-state index is 12.7. The number of benzene rings is 2. The number of piperazine rings is 1. The van der Waals surface area contributed by atoms with Crippen LogP contribution in [0.4, 0.5) is 5.69 Å². The van der Waals surface area contributed by atoms with Gasteiger partial charge in [-0.1, -0.05) is 17.7 Å². The minimum absolute atomic E-state index is 0.0365. The number of methoxy groups -OCH3 is 2. The van der Waals surface area contributed by atoms with Gasteiger partial charge in [0.05, 0.1) is 20.0 Å². The molecule has 1 heterocycles. The summed E-state index contributed by atoms with van der Waals surface area (Å²) in [5.41, 5.74) is 1.78. The lowest BCUT2D eigenvalue weighted by Crippen LogP contribution is -2.50. The van der Waals surface area contributed by atoms with Crippen molar-refractivity contribution in [3.05, 3.63) is 59.1 Å². The molecule has 0 bridgehead atoms. The van der Waals surface area contributed by atoms with Gasteiger partial charge < -0.3 is 19.7 Å². The second-order valence-corrected chi connectivity index (χ2v) is 9.94. The third-order valence-electron chi connectivity index (χ3n) is 5.32. The van der Waals surface area contributed by atoms with Gasteiger partial charge in [0.2, 0.25) is 15.9 Å². The Bertz CT molecular complexity index is 1080. The molecule has 1 fully saturated rings. The van der Waals surface area contributed by atoms with E-state index in [1.165, 1.54) is 17.5 Å². The first-order valence-electron chi connectivity index (χ1n) is 10.5. The van der Waals surface area contributed by atoms with E-state index in [-0.39, 0.29) is 18.2 Å². The average molecular weight is 494 g/mol. The van der Waals surface area contributed by atoms with Crippen LogP contribution in [-0.2, 0) is 14.8 Å². The Labute approximate surface area is 199 Å². The summed E-state index contributed by atoms with van der Waals surface area (Å²) in [5, 5.41) is 3.30. The number of ether oxygens (including phenoxy) is 2. The topological polar surface area (TPSA) is 88.2 Å². The van der Waals surface area contributed by atoms with Gasteiger partial charge in [-0.15, -0.1) is 0 Å². The molecule has 1 aliphatic heterocycles. The van der Waals surface area contributed by atoms with Gasteiger partial charge in [0.25, 0.3) is 0 Å². The fraction of sp³-hybridized carbons (Fsp3) is 0.348. The lowest BCUT2D eigenvalue weighted by atomic mass is 10.2. The van der Waals surface area contributed by atoms with Gasteiger partial charge in [-0.3, -0.25) is 4.79 Å². The summed E-state index contributed by atoms with van der Waals surface area (Å²) in [7, 11) is -0.371. The van der Waals surface area contributed by atoms with Crippen molar-refractivity contribution in [2.75, 3.05) is 57.6 Å². The van der Waals surface area contributed by atoms with E-state index in [9.17, 15) is 13.2 Å². The molecule has 33 heavy (non-hydrogen) atoms. The van der Waals surface area contributed by atoms with Crippen LogP contribution in [0.3, 0.4) is 0 Å². The summed E-state index contributed by atoms with van der Waals surface area (Å²) in [6.45, 7) is 2.04. The quantitative estimate of drug-likeness (QED) is 0.540. The number of nitrogens with one attached hydrogen (secondary N) is 1. The van der Waals surface area contributed by atoms with Crippen LogP contribution >= 0.6 is 11.6 Å². The van der Waals surface area contributed by atoms with Gasteiger partial charge >= 0.3 is 0 Å². The second-order valence-electron chi connectivity index (χ2n) is 7.42. The number of halogens is 1. The number of carbonyl (C=O) groups excluding carboxylic acids is 1. The molecule has 1 aliphatic rings. The van der Waals surface area contributed by atoms with E-state index in [0.717, 1.165) is 11.3 Å². The zero-order valence-corrected chi connectivity index (χ0v) is 20.2. The van der Waals surface area contributed by atoms with Crippen LogP contribution in [-0.4, -0.2) is 71.3 Å². The van der Waals surface area contributed by atoms with Gasteiger partial charge in [0.15, 0.2) is 11.5 Å². The molecule has 1 amide bonds.